The molecule has 2 aromatic rings. The lowest BCUT2D eigenvalue weighted by molar-refractivity contribution is -0.274. The van der Waals surface area contributed by atoms with Gasteiger partial charge in [0.25, 0.3) is 0 Å². The number of alkyl halides is 3. The van der Waals surface area contributed by atoms with Crippen LogP contribution >= 0.6 is 0 Å². The lowest BCUT2D eigenvalue weighted by atomic mass is 9.81. The minimum Gasteiger partial charge on any atom is -0.405 e. The average molecular weight is 465 g/mol. The fraction of sp³-hybridized carbons (Fsp3) is 0.625. The Morgan fingerprint density at radius 2 is 1.70 bits per heavy atom. The van der Waals surface area contributed by atoms with Crippen molar-refractivity contribution in [3.05, 3.63) is 35.6 Å². The number of hydrogen-bond acceptors (Lipinski definition) is 6. The lowest BCUT2D eigenvalue weighted by Gasteiger charge is -2.41. The van der Waals surface area contributed by atoms with Crippen LogP contribution in [0, 0.1) is 11.8 Å². The molecule has 178 valence electrons. The van der Waals surface area contributed by atoms with Crippen LogP contribution in [0.2, 0.25) is 0 Å². The van der Waals surface area contributed by atoms with Gasteiger partial charge in [0, 0.05) is 28.9 Å². The molecule has 1 saturated heterocycles. The number of para-hydroxylation sites is 1. The predicted octanol–water partition coefficient (Wildman–Crippen LogP) is 5.57. The van der Waals surface area contributed by atoms with E-state index in [-0.39, 0.29) is 29.9 Å². The summed E-state index contributed by atoms with van der Waals surface area (Å²) in [5, 5.41) is 4.16. The first-order valence-corrected chi connectivity index (χ1v) is 11.7. The Morgan fingerprint density at radius 1 is 1.00 bits per heavy atom. The number of aromatic nitrogens is 1. The molecule has 33 heavy (non-hydrogen) atoms. The van der Waals surface area contributed by atoms with Gasteiger partial charge in [-0.2, -0.15) is 0 Å². The van der Waals surface area contributed by atoms with Crippen molar-refractivity contribution >= 4 is 0 Å². The number of nitrogens with zero attached hydrogens (tertiary/aromatic N) is 1. The third-order valence-corrected chi connectivity index (χ3v) is 7.43. The molecule has 3 aliphatic carbocycles. The van der Waals surface area contributed by atoms with Crippen molar-refractivity contribution in [1.82, 2.24) is 5.16 Å². The number of benzene rings is 1. The highest BCUT2D eigenvalue weighted by molar-refractivity contribution is 5.70. The molecule has 0 radical (unpaired) electrons. The Hall–Kier alpha value is -2.10. The van der Waals surface area contributed by atoms with Gasteiger partial charge >= 0.3 is 6.36 Å². The second kappa shape index (κ2) is 7.99. The van der Waals surface area contributed by atoms with Crippen molar-refractivity contribution in [2.75, 3.05) is 13.2 Å². The summed E-state index contributed by atoms with van der Waals surface area (Å²) in [6.07, 6.45) is 1.04. The van der Waals surface area contributed by atoms with E-state index in [2.05, 4.69) is 9.89 Å². The molecule has 0 amide bonds. The van der Waals surface area contributed by atoms with Gasteiger partial charge in [0.15, 0.2) is 5.79 Å². The molecule has 9 heteroatoms. The zero-order valence-corrected chi connectivity index (χ0v) is 18.1. The van der Waals surface area contributed by atoms with Crippen LogP contribution in [0.25, 0.3) is 11.3 Å². The number of ether oxygens (including phenoxy) is 4. The molecular weight excluding hydrogens is 439 g/mol. The largest absolute Gasteiger partial charge is 0.573 e. The highest BCUT2D eigenvalue weighted by atomic mass is 19.4. The van der Waals surface area contributed by atoms with E-state index in [1.54, 1.807) is 12.1 Å². The summed E-state index contributed by atoms with van der Waals surface area (Å²) in [4.78, 5) is 0. The molecule has 0 unspecified atom stereocenters. The highest BCUT2D eigenvalue weighted by Gasteiger charge is 2.58. The minimum atomic E-state index is -4.79. The first-order valence-electron chi connectivity index (χ1n) is 11.7. The molecule has 3 atom stereocenters. The summed E-state index contributed by atoms with van der Waals surface area (Å²) in [6, 6.07) is 6.02. The van der Waals surface area contributed by atoms with Gasteiger partial charge in [-0.05, 0) is 50.7 Å². The van der Waals surface area contributed by atoms with Crippen molar-refractivity contribution < 1.29 is 36.6 Å². The van der Waals surface area contributed by atoms with Gasteiger partial charge in [0.1, 0.15) is 17.2 Å². The van der Waals surface area contributed by atoms with Gasteiger partial charge in [-0.3, -0.25) is 0 Å². The summed E-state index contributed by atoms with van der Waals surface area (Å²) in [5.41, 5.74) is 1.32. The normalized spacial score (nSPS) is 28.5. The van der Waals surface area contributed by atoms with Gasteiger partial charge in [-0.1, -0.05) is 17.3 Å². The van der Waals surface area contributed by atoms with E-state index in [9.17, 15) is 13.2 Å². The van der Waals surface area contributed by atoms with Crippen LogP contribution in [0.3, 0.4) is 0 Å². The lowest BCUT2D eigenvalue weighted by Crippen LogP contribution is -2.47. The zero-order chi connectivity index (χ0) is 22.6. The van der Waals surface area contributed by atoms with E-state index in [1.165, 1.54) is 12.1 Å². The smallest absolute Gasteiger partial charge is 0.405 e. The maximum absolute atomic E-state index is 13.0. The molecule has 6 rings (SSSR count). The van der Waals surface area contributed by atoms with Crippen LogP contribution in [0.5, 0.6) is 5.75 Å². The van der Waals surface area contributed by atoms with Crippen molar-refractivity contribution in [3.8, 4) is 17.0 Å². The summed E-state index contributed by atoms with van der Waals surface area (Å²) < 4.78 is 67.2. The van der Waals surface area contributed by atoms with Gasteiger partial charge in [0.05, 0.1) is 25.9 Å². The fourth-order valence-electron chi connectivity index (χ4n) is 5.90. The van der Waals surface area contributed by atoms with E-state index in [1.807, 2.05) is 0 Å². The van der Waals surface area contributed by atoms with Crippen molar-refractivity contribution in [2.45, 2.75) is 69.3 Å². The quantitative estimate of drug-likeness (QED) is 0.556. The summed E-state index contributed by atoms with van der Waals surface area (Å²) in [5.74, 6) is 0.852. The van der Waals surface area contributed by atoms with E-state index in [4.69, 9.17) is 18.7 Å². The summed E-state index contributed by atoms with van der Waals surface area (Å²) >= 11 is 0. The molecule has 2 heterocycles. The number of rotatable bonds is 6. The molecule has 3 saturated carbocycles. The van der Waals surface area contributed by atoms with Crippen LogP contribution in [0.4, 0.5) is 13.2 Å². The molecule has 1 spiro atoms. The Kier molecular flexibility index (Phi) is 5.19. The second-order valence-corrected chi connectivity index (χ2v) is 9.49. The molecule has 4 aliphatic rings. The molecular formula is C24H26F3NO5. The molecule has 6 nitrogen and oxygen atoms in total. The number of hydrogen-bond donors (Lipinski definition) is 0. The van der Waals surface area contributed by atoms with E-state index in [0.29, 0.717) is 36.5 Å². The van der Waals surface area contributed by atoms with Crippen LogP contribution in [0.15, 0.2) is 28.8 Å². The SMILES string of the molecule is FC(F)(F)Oc1ccccc1-c1noc(C2CC2)c1CO[C@@H]1C[C@H]2CC[C@@H](C1)C21OCCO1. The maximum Gasteiger partial charge on any atom is 0.573 e. The van der Waals surface area contributed by atoms with Crippen LogP contribution in [-0.4, -0.2) is 36.6 Å². The van der Waals surface area contributed by atoms with Gasteiger partial charge in [0.2, 0.25) is 0 Å². The first kappa shape index (κ1) is 21.4. The topological polar surface area (TPSA) is 63.0 Å². The van der Waals surface area contributed by atoms with E-state index >= 15 is 0 Å². The molecule has 0 N–H and O–H groups in total. The minimum absolute atomic E-state index is 0.0393. The van der Waals surface area contributed by atoms with Crippen LogP contribution in [0.1, 0.15) is 55.8 Å². The molecule has 4 fully saturated rings. The summed E-state index contributed by atoms with van der Waals surface area (Å²) in [6.45, 7) is 1.53. The standard InChI is InChI=1S/C24H26F3NO5/c25-24(26,27)32-20-4-2-1-3-18(20)21-19(22(33-28-21)14-5-6-14)13-29-17-11-15-7-8-16(12-17)23(15)30-9-10-31-23/h1-4,14-17H,5-13H2/t15-,16+,17-. The predicted molar refractivity (Wildman–Crippen MR) is 109 cm³/mol. The summed E-state index contributed by atoms with van der Waals surface area (Å²) in [7, 11) is 0. The second-order valence-electron chi connectivity index (χ2n) is 9.49. The van der Waals surface area contributed by atoms with Crippen molar-refractivity contribution in [2.24, 2.45) is 11.8 Å². The molecule has 1 aliphatic heterocycles. The van der Waals surface area contributed by atoms with Gasteiger partial charge in [-0.25, -0.2) is 0 Å². The molecule has 1 aromatic carbocycles. The molecule has 1 aromatic heterocycles. The van der Waals surface area contributed by atoms with Crippen molar-refractivity contribution in [1.29, 1.82) is 0 Å². The highest BCUT2D eigenvalue weighted by Crippen LogP contribution is 2.55. The Balaban J connectivity index is 1.24. The van der Waals surface area contributed by atoms with Gasteiger partial charge in [-0.15, -0.1) is 13.2 Å². The van der Waals surface area contributed by atoms with Crippen LogP contribution < -0.4 is 4.74 Å². The Labute approximate surface area is 189 Å². The first-order chi connectivity index (χ1) is 15.9. The Bertz CT molecular complexity index is 996. The third kappa shape index (κ3) is 3.94. The van der Waals surface area contributed by atoms with E-state index in [0.717, 1.165) is 44.1 Å². The molecule has 2 bridgehead atoms. The zero-order valence-electron chi connectivity index (χ0n) is 18.1. The monoisotopic (exact) mass is 465 g/mol. The van der Waals surface area contributed by atoms with E-state index < -0.39 is 12.1 Å². The third-order valence-electron chi connectivity index (χ3n) is 7.43. The van der Waals surface area contributed by atoms with Gasteiger partial charge < -0.3 is 23.5 Å². The number of halogens is 3. The van der Waals surface area contributed by atoms with Crippen molar-refractivity contribution in [3.63, 3.8) is 0 Å². The average Bonchev–Trinajstić information content (AvgIpc) is 3.31. The fourth-order valence-corrected chi connectivity index (χ4v) is 5.90. The van der Waals surface area contributed by atoms with Crippen LogP contribution in [-0.2, 0) is 20.8 Å². The Morgan fingerprint density at radius 3 is 2.36 bits per heavy atom. The maximum atomic E-state index is 13.0.